The Kier molecular flexibility index (Phi) is 9.13. The van der Waals surface area contributed by atoms with Crippen LogP contribution in [0.4, 0.5) is 0 Å². The standard InChI is InChI=1S/C14H18O6S.C11H11ClN2O/c15-6-5-11-1-3-13(4-2-11)21(17,18)10-14(16)20-9-12-7-19-8-12;1-6-3-8(12)7-5-10(11(13)15)14(2)9(7)4-6/h1-4,12,15H,5-10H2;3-5H,1-2H3,(H2,13,15). The Morgan fingerprint density at radius 2 is 1.86 bits per heavy atom. The summed E-state index contributed by atoms with van der Waals surface area (Å²) >= 11 is 6.09. The molecule has 1 fully saturated rings. The summed E-state index contributed by atoms with van der Waals surface area (Å²) in [7, 11) is -1.89. The SMILES string of the molecule is Cc1cc(Cl)c2cc(C(N)=O)n(C)c2c1.O=C(CS(=O)(=O)c1ccc(CCO)cc1)OCC1COC1. The number of hydrogen-bond donors (Lipinski definition) is 2. The quantitative estimate of drug-likeness (QED) is 0.421. The third-order valence-electron chi connectivity index (χ3n) is 5.69. The number of benzene rings is 2. The van der Waals surface area contributed by atoms with E-state index in [2.05, 4.69) is 0 Å². The number of aliphatic hydroxyl groups excluding tert-OH is 1. The van der Waals surface area contributed by atoms with Crippen molar-refractivity contribution in [3.63, 3.8) is 0 Å². The van der Waals surface area contributed by atoms with Gasteiger partial charge in [-0.2, -0.15) is 0 Å². The molecule has 2 heterocycles. The van der Waals surface area contributed by atoms with Gasteiger partial charge in [-0.3, -0.25) is 9.59 Å². The number of carbonyl (C=O) groups excluding carboxylic acids is 2. The van der Waals surface area contributed by atoms with Crippen LogP contribution in [-0.4, -0.2) is 62.1 Å². The topological polar surface area (TPSA) is 138 Å². The van der Waals surface area contributed by atoms with Crippen LogP contribution in [0.1, 0.15) is 21.6 Å². The molecule has 4 rings (SSSR count). The molecule has 0 saturated carbocycles. The molecule has 0 aliphatic carbocycles. The highest BCUT2D eigenvalue weighted by atomic mass is 35.5. The lowest BCUT2D eigenvalue weighted by Gasteiger charge is -2.25. The van der Waals surface area contributed by atoms with Crippen molar-refractivity contribution in [2.24, 2.45) is 18.7 Å². The molecule has 1 saturated heterocycles. The Labute approximate surface area is 214 Å². The first kappa shape index (κ1) is 27.7. The van der Waals surface area contributed by atoms with Crippen LogP contribution in [0.25, 0.3) is 10.9 Å². The number of nitrogens with two attached hydrogens (primary N) is 1. The monoisotopic (exact) mass is 536 g/mol. The second-order valence-electron chi connectivity index (χ2n) is 8.60. The molecule has 3 aromatic rings. The molecule has 11 heteroatoms. The van der Waals surface area contributed by atoms with Gasteiger partial charge in [-0.15, -0.1) is 0 Å². The molecule has 0 spiro atoms. The number of nitrogens with zero attached hydrogens (tertiary/aromatic N) is 1. The van der Waals surface area contributed by atoms with Crippen molar-refractivity contribution >= 4 is 44.2 Å². The predicted octanol–water partition coefficient (Wildman–Crippen LogP) is 2.42. The molecule has 9 nitrogen and oxygen atoms in total. The first-order valence-corrected chi connectivity index (χ1v) is 13.3. The van der Waals surface area contributed by atoms with Gasteiger partial charge in [-0.1, -0.05) is 23.7 Å². The fourth-order valence-electron chi connectivity index (χ4n) is 3.62. The number of ether oxygens (including phenoxy) is 2. The van der Waals surface area contributed by atoms with E-state index < -0.39 is 27.5 Å². The van der Waals surface area contributed by atoms with Crippen molar-refractivity contribution in [3.8, 4) is 0 Å². The van der Waals surface area contributed by atoms with Crippen LogP contribution in [-0.2, 0) is 37.6 Å². The van der Waals surface area contributed by atoms with Gasteiger partial charge in [0.2, 0.25) is 0 Å². The molecule has 0 radical (unpaired) electrons. The van der Waals surface area contributed by atoms with Crippen molar-refractivity contribution < 1.29 is 32.6 Å². The van der Waals surface area contributed by atoms with Crippen molar-refractivity contribution in [2.75, 3.05) is 32.2 Å². The molecule has 1 aromatic heterocycles. The third-order valence-corrected chi connectivity index (χ3v) is 7.61. The zero-order valence-corrected chi connectivity index (χ0v) is 21.6. The first-order valence-electron chi connectivity index (χ1n) is 11.2. The van der Waals surface area contributed by atoms with Gasteiger partial charge < -0.3 is 24.9 Å². The number of fused-ring (bicyclic) bond motifs is 1. The van der Waals surface area contributed by atoms with Crippen LogP contribution in [0, 0.1) is 12.8 Å². The molecular formula is C25H29ClN2O7S. The average Bonchev–Trinajstić information content (AvgIpc) is 3.10. The van der Waals surface area contributed by atoms with Gasteiger partial charge in [-0.05, 0) is 54.8 Å². The van der Waals surface area contributed by atoms with Gasteiger partial charge in [0.05, 0.1) is 35.3 Å². The second kappa shape index (κ2) is 11.9. The fraction of sp³-hybridized carbons (Fsp3) is 0.360. The Balaban J connectivity index is 0.000000212. The zero-order valence-electron chi connectivity index (χ0n) is 20.1. The minimum absolute atomic E-state index is 0.00328. The van der Waals surface area contributed by atoms with Gasteiger partial charge in [0.25, 0.3) is 5.91 Å². The Morgan fingerprint density at radius 1 is 1.19 bits per heavy atom. The molecule has 36 heavy (non-hydrogen) atoms. The highest BCUT2D eigenvalue weighted by molar-refractivity contribution is 7.92. The van der Waals surface area contributed by atoms with Crippen molar-refractivity contribution in [1.82, 2.24) is 4.57 Å². The maximum absolute atomic E-state index is 12.1. The van der Waals surface area contributed by atoms with Gasteiger partial charge in [0.15, 0.2) is 15.6 Å². The zero-order chi connectivity index (χ0) is 26.5. The number of sulfone groups is 1. The summed E-state index contributed by atoms with van der Waals surface area (Å²) in [5.41, 5.74) is 8.56. The molecular weight excluding hydrogens is 508 g/mol. The lowest BCUT2D eigenvalue weighted by atomic mass is 10.1. The molecule has 0 bridgehead atoms. The maximum atomic E-state index is 12.1. The molecule has 1 aliphatic heterocycles. The minimum atomic E-state index is -3.70. The maximum Gasteiger partial charge on any atom is 0.321 e. The lowest BCUT2D eigenvalue weighted by molar-refractivity contribution is -0.147. The van der Waals surface area contributed by atoms with Gasteiger partial charge in [-0.25, -0.2) is 8.42 Å². The summed E-state index contributed by atoms with van der Waals surface area (Å²) in [4.78, 5) is 22.8. The Morgan fingerprint density at radius 3 is 2.42 bits per heavy atom. The minimum Gasteiger partial charge on any atom is -0.464 e. The van der Waals surface area contributed by atoms with E-state index in [0.29, 0.717) is 30.4 Å². The molecule has 194 valence electrons. The van der Waals surface area contributed by atoms with E-state index in [4.69, 9.17) is 31.9 Å². The number of aliphatic hydroxyl groups is 1. The van der Waals surface area contributed by atoms with Crippen LogP contribution < -0.4 is 5.73 Å². The number of carbonyl (C=O) groups is 2. The lowest BCUT2D eigenvalue weighted by Crippen LogP contribution is -2.33. The number of hydrogen-bond acceptors (Lipinski definition) is 7. The number of primary amides is 1. The highest BCUT2D eigenvalue weighted by Gasteiger charge is 2.24. The van der Waals surface area contributed by atoms with Crippen LogP contribution in [0.2, 0.25) is 5.02 Å². The summed E-state index contributed by atoms with van der Waals surface area (Å²) in [5.74, 6) is -1.68. The molecule has 0 atom stereocenters. The van der Waals surface area contributed by atoms with Gasteiger partial charge >= 0.3 is 5.97 Å². The fourth-order valence-corrected chi connectivity index (χ4v) is 5.05. The summed E-state index contributed by atoms with van der Waals surface area (Å²) in [6.07, 6.45) is 0.464. The van der Waals surface area contributed by atoms with E-state index in [0.717, 1.165) is 22.0 Å². The molecule has 2 aromatic carbocycles. The highest BCUT2D eigenvalue weighted by Crippen LogP contribution is 2.27. The van der Waals surface area contributed by atoms with Crippen LogP contribution in [0.3, 0.4) is 0 Å². The van der Waals surface area contributed by atoms with Crippen LogP contribution >= 0.6 is 11.6 Å². The van der Waals surface area contributed by atoms with Crippen LogP contribution in [0.5, 0.6) is 0 Å². The summed E-state index contributed by atoms with van der Waals surface area (Å²) in [6.45, 7) is 3.26. The van der Waals surface area contributed by atoms with Gasteiger partial charge in [0, 0.05) is 25.0 Å². The predicted molar refractivity (Wildman–Crippen MR) is 136 cm³/mol. The van der Waals surface area contributed by atoms with E-state index >= 15 is 0 Å². The molecule has 3 N–H and O–H groups in total. The number of aryl methyl sites for hydroxylation is 2. The van der Waals surface area contributed by atoms with E-state index in [1.807, 2.05) is 19.1 Å². The van der Waals surface area contributed by atoms with Crippen molar-refractivity contribution in [2.45, 2.75) is 18.2 Å². The Hall–Kier alpha value is -2.92. The Bertz CT molecular complexity index is 1350. The van der Waals surface area contributed by atoms with E-state index in [-0.39, 0.29) is 24.0 Å². The second-order valence-corrected chi connectivity index (χ2v) is 11.0. The van der Waals surface area contributed by atoms with E-state index in [9.17, 15) is 18.0 Å². The van der Waals surface area contributed by atoms with E-state index in [1.165, 1.54) is 12.1 Å². The average molecular weight is 537 g/mol. The number of amides is 1. The summed E-state index contributed by atoms with van der Waals surface area (Å²) < 4.78 is 35.8. The third kappa shape index (κ3) is 6.85. The summed E-state index contributed by atoms with van der Waals surface area (Å²) in [6, 6.07) is 11.7. The number of halogens is 1. The van der Waals surface area contributed by atoms with Crippen LogP contribution in [0.15, 0.2) is 47.4 Å². The van der Waals surface area contributed by atoms with Gasteiger partial charge in [0.1, 0.15) is 5.69 Å². The molecule has 1 aliphatic rings. The number of rotatable bonds is 8. The molecule has 1 amide bonds. The van der Waals surface area contributed by atoms with E-state index in [1.54, 1.807) is 29.8 Å². The van der Waals surface area contributed by atoms with Crippen molar-refractivity contribution in [3.05, 3.63) is 64.3 Å². The summed E-state index contributed by atoms with van der Waals surface area (Å²) in [5, 5.41) is 10.3. The smallest absolute Gasteiger partial charge is 0.321 e. The normalized spacial score (nSPS) is 13.6. The molecule has 0 unspecified atom stereocenters. The number of aromatic nitrogens is 1. The largest absolute Gasteiger partial charge is 0.464 e. The first-order chi connectivity index (χ1) is 17.0. The van der Waals surface area contributed by atoms with Crippen molar-refractivity contribution in [1.29, 1.82) is 0 Å². The number of esters is 1.